The molecule has 0 aliphatic carbocycles. The smallest absolute Gasteiger partial charge is 0.306 e. The number of aliphatic imine (C=N–C) groups is 1. The number of unbranched alkanes of at least 4 members (excludes halogenated alkanes) is 6. The molecule has 0 spiro atoms. The van der Waals surface area contributed by atoms with Gasteiger partial charge in [-0.25, -0.2) is 4.99 Å². The number of hydrogen-bond donors (Lipinski definition) is 8. The summed E-state index contributed by atoms with van der Waals surface area (Å²) < 4.78 is 0. The first-order valence-corrected chi connectivity index (χ1v) is 15.0. The maximum atomic E-state index is 11.4. The highest BCUT2D eigenvalue weighted by Crippen LogP contribution is 2.25. The van der Waals surface area contributed by atoms with Gasteiger partial charge >= 0.3 is 5.97 Å². The van der Waals surface area contributed by atoms with Gasteiger partial charge in [0.25, 0.3) is 0 Å². The Morgan fingerprint density at radius 1 is 1.24 bits per heavy atom. The lowest BCUT2D eigenvalue weighted by atomic mass is 9.86. The normalized spacial score (nSPS) is 35.3. The quantitative estimate of drug-likeness (QED) is 0.129. The Hall–Kier alpha value is -1.14. The van der Waals surface area contributed by atoms with Gasteiger partial charge in [0, 0.05) is 24.5 Å². The zero-order chi connectivity index (χ0) is 27.6. The Kier molecular flexibility index (Phi) is 12.4. The van der Waals surface area contributed by atoms with Crippen LogP contribution in [0.4, 0.5) is 0 Å². The summed E-state index contributed by atoms with van der Waals surface area (Å²) in [6.45, 7) is 7.07. The summed E-state index contributed by atoms with van der Waals surface area (Å²) in [5, 5.41) is 41.2. The van der Waals surface area contributed by atoms with Gasteiger partial charge in [-0.3, -0.25) is 4.79 Å². The number of β-amino-alcohol motifs (C(OH)–C–C–N with tert-alkyl or cyclic N) is 1. The third-order valence-corrected chi connectivity index (χ3v) is 9.07. The van der Waals surface area contributed by atoms with Crippen molar-refractivity contribution in [2.24, 2.45) is 10.7 Å². The van der Waals surface area contributed by atoms with E-state index in [0.29, 0.717) is 18.5 Å². The second-order valence-electron chi connectivity index (χ2n) is 12.6. The van der Waals surface area contributed by atoms with Crippen molar-refractivity contribution in [3.05, 3.63) is 0 Å². The molecule has 9 N–H and O–H groups in total. The van der Waals surface area contributed by atoms with E-state index in [0.717, 1.165) is 64.7 Å². The Bertz CT molecular complexity index is 749. The molecule has 2 saturated heterocycles. The molecule has 10 nitrogen and oxygen atoms in total. The minimum absolute atomic E-state index is 0.0774. The molecule has 3 heterocycles. The number of rotatable bonds is 16. The summed E-state index contributed by atoms with van der Waals surface area (Å²) >= 11 is 0. The highest BCUT2D eigenvalue weighted by Gasteiger charge is 2.40. The predicted octanol–water partition coefficient (Wildman–Crippen LogP) is 0.126. The fourth-order valence-corrected chi connectivity index (χ4v) is 6.58. The van der Waals surface area contributed by atoms with Gasteiger partial charge in [0.2, 0.25) is 0 Å². The molecule has 1 unspecified atom stereocenters. The molecule has 3 aliphatic rings. The van der Waals surface area contributed by atoms with E-state index < -0.39 is 11.6 Å². The van der Waals surface area contributed by atoms with Gasteiger partial charge in [-0.1, -0.05) is 44.9 Å². The molecule has 3 aliphatic heterocycles. The van der Waals surface area contributed by atoms with Gasteiger partial charge in [0.15, 0.2) is 6.67 Å². The van der Waals surface area contributed by atoms with Crippen LogP contribution in [0.5, 0.6) is 0 Å². The van der Waals surface area contributed by atoms with Crippen LogP contribution in [-0.4, -0.2) is 95.3 Å². The van der Waals surface area contributed by atoms with Crippen LogP contribution in [0.25, 0.3) is 0 Å². The van der Waals surface area contributed by atoms with Crippen molar-refractivity contribution in [2.45, 2.75) is 139 Å². The lowest BCUT2D eigenvalue weighted by Gasteiger charge is -2.41. The van der Waals surface area contributed by atoms with Crippen LogP contribution in [0.15, 0.2) is 4.99 Å². The van der Waals surface area contributed by atoms with E-state index in [9.17, 15) is 20.1 Å². The molecule has 8 atom stereocenters. The molecule has 38 heavy (non-hydrogen) atoms. The Morgan fingerprint density at radius 3 is 2.61 bits per heavy atom. The molecule has 220 valence electrons. The first-order chi connectivity index (χ1) is 18.1. The number of nitrogens with two attached hydrogens (primary N) is 1. The third kappa shape index (κ3) is 10.1. The number of nitrogens with one attached hydrogen (secondary N) is 4. The number of carboxylic acids is 1. The number of hydrogen-bond acceptors (Lipinski definition) is 8. The second-order valence-corrected chi connectivity index (χ2v) is 12.6. The van der Waals surface area contributed by atoms with Gasteiger partial charge < -0.3 is 41.9 Å². The van der Waals surface area contributed by atoms with E-state index in [1.807, 2.05) is 6.21 Å². The second kappa shape index (κ2) is 15.0. The number of quaternary nitrogens is 1. The highest BCUT2D eigenvalue weighted by molar-refractivity contribution is 5.68. The van der Waals surface area contributed by atoms with E-state index in [4.69, 9.17) is 5.73 Å². The molecule has 0 aromatic rings. The number of aliphatic carboxylic acids is 1. The van der Waals surface area contributed by atoms with Crippen molar-refractivity contribution >= 4 is 12.2 Å². The molecular weight excluding hydrogens is 484 g/mol. The van der Waals surface area contributed by atoms with Crippen LogP contribution in [0.2, 0.25) is 0 Å². The Labute approximate surface area is 229 Å². The fraction of sp³-hybridized carbons (Fsp3) is 0.929. The monoisotopic (exact) mass is 539 g/mol. The van der Waals surface area contributed by atoms with Gasteiger partial charge in [-0.15, -0.1) is 0 Å². The Balaban J connectivity index is 1.29. The molecule has 0 aromatic carbocycles. The molecule has 10 heteroatoms. The molecule has 0 saturated carbocycles. The largest absolute Gasteiger partial charge is 0.481 e. The number of piperidine rings is 2. The topological polar surface area (TPSA) is 157 Å². The predicted molar refractivity (Wildman–Crippen MR) is 150 cm³/mol. The summed E-state index contributed by atoms with van der Waals surface area (Å²) in [6.07, 6.45) is 13.3. The lowest BCUT2D eigenvalue weighted by Crippen LogP contribution is -3.16. The summed E-state index contributed by atoms with van der Waals surface area (Å²) in [5.41, 5.74) is 4.62. The van der Waals surface area contributed by atoms with Crippen molar-refractivity contribution in [3.63, 3.8) is 0 Å². The zero-order valence-corrected chi connectivity index (χ0v) is 23.8. The summed E-state index contributed by atoms with van der Waals surface area (Å²) in [7, 11) is 0. The SMILES string of the molecule is C[C@@H]1N[C@H](CCCCCCCCC[C@](O)(CN[C@]2(C)CCN[C@H](N)C2)CC(=O)O)[C@@H]([NH+]2CC=NC2)C[C@H]1O. The minimum Gasteiger partial charge on any atom is -0.481 e. The summed E-state index contributed by atoms with van der Waals surface area (Å²) in [5.74, 6) is -0.959. The molecule has 0 aromatic heterocycles. The van der Waals surface area contributed by atoms with Crippen molar-refractivity contribution in [2.75, 3.05) is 26.3 Å². The molecule has 0 bridgehead atoms. The number of nitrogens with zero attached hydrogens (tertiary/aromatic N) is 1. The van der Waals surface area contributed by atoms with E-state index in [2.05, 4.69) is 34.8 Å². The minimum atomic E-state index is -1.24. The Morgan fingerprint density at radius 2 is 1.95 bits per heavy atom. The maximum absolute atomic E-state index is 11.4. The standard InChI is InChI=1S/C28H54N6O4/c1-21-24(35)16-23(34-15-14-30-20-34)22(33-21)10-8-6-4-3-5-7-9-11-28(38,18-26(36)37)19-32-27(2)12-13-31-25(29)17-27/h14,21-25,31-33,35,38H,3-13,15-20,29H2,1-2H3,(H,36,37)/p+1/t21-,22+,23-,24+,25-,27+,28+/m0/s1. The van der Waals surface area contributed by atoms with Gasteiger partial charge in [0.1, 0.15) is 12.6 Å². The summed E-state index contributed by atoms with van der Waals surface area (Å²) in [4.78, 5) is 17.3. The van der Waals surface area contributed by atoms with E-state index in [1.54, 1.807) is 0 Å². The van der Waals surface area contributed by atoms with Crippen molar-refractivity contribution in [3.8, 4) is 0 Å². The van der Waals surface area contributed by atoms with Gasteiger partial charge in [0.05, 0.1) is 36.5 Å². The number of carboxylic acid groups (broad SMARTS) is 1. The van der Waals surface area contributed by atoms with E-state index >= 15 is 0 Å². The highest BCUT2D eigenvalue weighted by atomic mass is 16.4. The van der Waals surface area contributed by atoms with E-state index in [-0.39, 0.29) is 36.8 Å². The van der Waals surface area contributed by atoms with Crippen LogP contribution in [0.1, 0.15) is 97.3 Å². The molecule has 0 amide bonds. The maximum Gasteiger partial charge on any atom is 0.306 e. The zero-order valence-electron chi connectivity index (χ0n) is 23.8. The van der Waals surface area contributed by atoms with Crippen LogP contribution < -0.4 is 26.6 Å². The molecule has 0 radical (unpaired) electrons. The van der Waals surface area contributed by atoms with Crippen molar-refractivity contribution in [1.29, 1.82) is 0 Å². The first kappa shape index (κ1) is 31.4. The van der Waals surface area contributed by atoms with Crippen molar-refractivity contribution < 1.29 is 25.0 Å². The van der Waals surface area contributed by atoms with E-state index in [1.165, 1.54) is 30.6 Å². The van der Waals surface area contributed by atoms with Crippen LogP contribution in [-0.2, 0) is 4.79 Å². The van der Waals surface area contributed by atoms with Crippen LogP contribution in [0, 0.1) is 0 Å². The number of carbonyl (C=O) groups is 1. The van der Waals surface area contributed by atoms with Crippen LogP contribution in [0.3, 0.4) is 0 Å². The first-order valence-electron chi connectivity index (χ1n) is 15.0. The summed E-state index contributed by atoms with van der Waals surface area (Å²) in [6, 6.07) is 1.01. The van der Waals surface area contributed by atoms with Crippen molar-refractivity contribution in [1.82, 2.24) is 16.0 Å². The van der Waals surface area contributed by atoms with Gasteiger partial charge in [-0.05, 0) is 46.1 Å². The molecule has 2 fully saturated rings. The molecular formula is C28H55N6O4+. The molecule has 3 rings (SSSR count). The average Bonchev–Trinajstić information content (AvgIpc) is 3.38. The van der Waals surface area contributed by atoms with Gasteiger partial charge in [-0.2, -0.15) is 0 Å². The van der Waals surface area contributed by atoms with Crippen LogP contribution >= 0.6 is 0 Å². The number of aliphatic hydroxyl groups is 2. The number of aliphatic hydroxyl groups excluding tert-OH is 1. The average molecular weight is 540 g/mol. The fourth-order valence-electron chi connectivity index (χ4n) is 6.58. The third-order valence-electron chi connectivity index (χ3n) is 9.07. The lowest BCUT2D eigenvalue weighted by molar-refractivity contribution is -0.914.